The van der Waals surface area contributed by atoms with Crippen molar-refractivity contribution in [2.45, 2.75) is 13.8 Å². The third-order valence-corrected chi connectivity index (χ3v) is 5.16. The standard InChI is InChI=1S/C26H25NO6/c1-6-12-33-22-11-10-18(14-23(22)31-4)13-21-24(26(30)32-5)16(2)27(25(21)29)20-9-7-8-19(15-20)17(3)28/h6-11,13-15H,1,12H2,2-5H3/b21-13-. The topological polar surface area (TPSA) is 82.1 Å². The molecule has 0 bridgehead atoms. The quantitative estimate of drug-likeness (QED) is 0.259. The van der Waals surface area contributed by atoms with E-state index in [1.165, 1.54) is 26.0 Å². The number of carbonyl (C=O) groups is 3. The number of esters is 1. The first-order chi connectivity index (χ1) is 15.8. The molecule has 0 spiro atoms. The smallest absolute Gasteiger partial charge is 0.340 e. The number of Topliss-reactive ketones (excluding diaryl/α,β-unsaturated/α-hetero) is 1. The Balaban J connectivity index is 2.10. The maximum atomic E-state index is 13.5. The molecule has 1 heterocycles. The molecule has 2 aromatic rings. The molecule has 0 atom stereocenters. The fourth-order valence-corrected chi connectivity index (χ4v) is 3.56. The van der Waals surface area contributed by atoms with Gasteiger partial charge in [-0.1, -0.05) is 30.9 Å². The summed E-state index contributed by atoms with van der Waals surface area (Å²) in [4.78, 5) is 39.3. The number of ketones is 1. The van der Waals surface area contributed by atoms with Crippen molar-refractivity contribution in [2.75, 3.05) is 25.7 Å². The van der Waals surface area contributed by atoms with Gasteiger partial charge in [-0.05, 0) is 49.8 Å². The molecular weight excluding hydrogens is 422 g/mol. The van der Waals surface area contributed by atoms with Gasteiger partial charge in [0.1, 0.15) is 6.61 Å². The highest BCUT2D eigenvalue weighted by molar-refractivity contribution is 6.24. The van der Waals surface area contributed by atoms with Crippen molar-refractivity contribution in [3.8, 4) is 11.5 Å². The zero-order chi connectivity index (χ0) is 24.1. The van der Waals surface area contributed by atoms with Crippen LogP contribution in [0.4, 0.5) is 5.69 Å². The van der Waals surface area contributed by atoms with Gasteiger partial charge in [-0.3, -0.25) is 14.5 Å². The van der Waals surface area contributed by atoms with Crippen LogP contribution < -0.4 is 14.4 Å². The van der Waals surface area contributed by atoms with E-state index in [0.29, 0.717) is 40.6 Å². The molecule has 33 heavy (non-hydrogen) atoms. The first-order valence-corrected chi connectivity index (χ1v) is 10.2. The predicted octanol–water partition coefficient (Wildman–Crippen LogP) is 4.34. The lowest BCUT2D eigenvalue weighted by atomic mass is 10.0. The molecule has 1 aliphatic heterocycles. The molecule has 0 fully saturated rings. The van der Waals surface area contributed by atoms with Crippen LogP contribution in [0.15, 0.2) is 72.0 Å². The van der Waals surface area contributed by atoms with Gasteiger partial charge in [0.15, 0.2) is 17.3 Å². The number of amides is 1. The van der Waals surface area contributed by atoms with E-state index in [-0.39, 0.29) is 16.9 Å². The number of ether oxygens (including phenoxy) is 3. The lowest BCUT2D eigenvalue weighted by Crippen LogP contribution is -2.24. The first-order valence-electron chi connectivity index (χ1n) is 10.2. The van der Waals surface area contributed by atoms with Gasteiger partial charge in [0.2, 0.25) is 0 Å². The Morgan fingerprint density at radius 2 is 1.85 bits per heavy atom. The van der Waals surface area contributed by atoms with Gasteiger partial charge in [-0.2, -0.15) is 0 Å². The van der Waals surface area contributed by atoms with Gasteiger partial charge in [0.25, 0.3) is 5.91 Å². The molecule has 0 aliphatic carbocycles. The van der Waals surface area contributed by atoms with Crippen LogP contribution in [0.3, 0.4) is 0 Å². The summed E-state index contributed by atoms with van der Waals surface area (Å²) < 4.78 is 15.9. The van der Waals surface area contributed by atoms with Crippen LogP contribution in [0.25, 0.3) is 6.08 Å². The van der Waals surface area contributed by atoms with Crippen molar-refractivity contribution < 1.29 is 28.6 Å². The number of methoxy groups -OCH3 is 2. The Kier molecular flexibility index (Phi) is 7.13. The van der Waals surface area contributed by atoms with E-state index in [1.54, 1.807) is 61.5 Å². The van der Waals surface area contributed by atoms with Crippen LogP contribution >= 0.6 is 0 Å². The van der Waals surface area contributed by atoms with Gasteiger partial charge in [-0.15, -0.1) is 0 Å². The minimum Gasteiger partial charge on any atom is -0.493 e. The van der Waals surface area contributed by atoms with Crippen molar-refractivity contribution in [1.29, 1.82) is 0 Å². The van der Waals surface area contributed by atoms with E-state index in [2.05, 4.69) is 6.58 Å². The second kappa shape index (κ2) is 9.99. The van der Waals surface area contributed by atoms with Crippen LogP contribution in [0.5, 0.6) is 11.5 Å². The number of rotatable bonds is 8. The van der Waals surface area contributed by atoms with E-state index < -0.39 is 11.9 Å². The zero-order valence-electron chi connectivity index (χ0n) is 19.0. The van der Waals surface area contributed by atoms with Gasteiger partial charge >= 0.3 is 5.97 Å². The van der Waals surface area contributed by atoms with E-state index in [9.17, 15) is 14.4 Å². The molecule has 2 aromatic carbocycles. The molecule has 170 valence electrons. The number of hydrogen-bond acceptors (Lipinski definition) is 6. The Morgan fingerprint density at radius 1 is 1.09 bits per heavy atom. The lowest BCUT2D eigenvalue weighted by Gasteiger charge is -2.18. The molecular formula is C26H25NO6. The zero-order valence-corrected chi connectivity index (χ0v) is 19.0. The summed E-state index contributed by atoms with van der Waals surface area (Å²) in [5.74, 6) is -0.155. The summed E-state index contributed by atoms with van der Waals surface area (Å²) in [6.45, 7) is 7.06. The molecule has 1 aliphatic rings. The number of allylic oxidation sites excluding steroid dienone is 1. The van der Waals surface area contributed by atoms with Crippen LogP contribution in [0.1, 0.15) is 29.8 Å². The lowest BCUT2D eigenvalue weighted by molar-refractivity contribution is -0.136. The highest BCUT2D eigenvalue weighted by atomic mass is 16.5. The average molecular weight is 447 g/mol. The summed E-state index contributed by atoms with van der Waals surface area (Å²) in [5.41, 5.74) is 2.33. The number of anilines is 1. The van der Waals surface area contributed by atoms with Crippen LogP contribution in [0.2, 0.25) is 0 Å². The molecule has 0 saturated heterocycles. The fraction of sp³-hybridized carbons (Fsp3) is 0.192. The third-order valence-electron chi connectivity index (χ3n) is 5.16. The maximum Gasteiger partial charge on any atom is 0.340 e. The van der Waals surface area contributed by atoms with E-state index >= 15 is 0 Å². The molecule has 0 radical (unpaired) electrons. The highest BCUT2D eigenvalue weighted by Crippen LogP contribution is 2.37. The van der Waals surface area contributed by atoms with Gasteiger partial charge in [0.05, 0.1) is 25.4 Å². The highest BCUT2D eigenvalue weighted by Gasteiger charge is 2.38. The van der Waals surface area contributed by atoms with Crippen LogP contribution in [-0.2, 0) is 14.3 Å². The minimum absolute atomic E-state index is 0.125. The van der Waals surface area contributed by atoms with Crippen molar-refractivity contribution in [1.82, 2.24) is 0 Å². The summed E-state index contributed by atoms with van der Waals surface area (Å²) in [5, 5.41) is 0. The van der Waals surface area contributed by atoms with Crippen molar-refractivity contribution in [2.24, 2.45) is 0 Å². The number of nitrogens with zero attached hydrogens (tertiary/aromatic N) is 1. The largest absolute Gasteiger partial charge is 0.493 e. The molecule has 0 saturated carbocycles. The van der Waals surface area contributed by atoms with Crippen molar-refractivity contribution in [3.63, 3.8) is 0 Å². The Labute approximate surface area is 192 Å². The second-order valence-corrected chi connectivity index (χ2v) is 7.27. The van der Waals surface area contributed by atoms with Crippen LogP contribution in [-0.4, -0.2) is 38.5 Å². The minimum atomic E-state index is -0.629. The number of benzene rings is 2. The Hall–Kier alpha value is -4.13. The SMILES string of the molecule is C=CCOc1ccc(/C=C2\C(=O)N(c3cccc(C(C)=O)c3)C(C)=C2C(=O)OC)cc1OC. The van der Waals surface area contributed by atoms with Gasteiger partial charge in [-0.25, -0.2) is 4.79 Å². The summed E-state index contributed by atoms with van der Waals surface area (Å²) in [6, 6.07) is 11.9. The maximum absolute atomic E-state index is 13.5. The second-order valence-electron chi connectivity index (χ2n) is 7.27. The molecule has 0 N–H and O–H groups in total. The van der Waals surface area contributed by atoms with E-state index in [1.807, 2.05) is 0 Å². The Bertz CT molecular complexity index is 1190. The molecule has 7 heteroatoms. The third kappa shape index (κ3) is 4.72. The van der Waals surface area contributed by atoms with E-state index in [4.69, 9.17) is 14.2 Å². The number of carbonyl (C=O) groups excluding carboxylic acids is 3. The van der Waals surface area contributed by atoms with Crippen molar-refractivity contribution in [3.05, 3.63) is 83.1 Å². The first kappa shape index (κ1) is 23.5. The molecule has 3 rings (SSSR count). The summed E-state index contributed by atoms with van der Waals surface area (Å²) in [7, 11) is 2.78. The molecule has 0 aromatic heterocycles. The van der Waals surface area contributed by atoms with Crippen LogP contribution in [0, 0.1) is 0 Å². The molecule has 1 amide bonds. The Morgan fingerprint density at radius 3 is 2.48 bits per heavy atom. The molecule has 7 nitrogen and oxygen atoms in total. The van der Waals surface area contributed by atoms with E-state index in [0.717, 1.165) is 0 Å². The average Bonchev–Trinajstić information content (AvgIpc) is 3.06. The predicted molar refractivity (Wildman–Crippen MR) is 125 cm³/mol. The van der Waals surface area contributed by atoms with Gasteiger partial charge < -0.3 is 14.2 Å². The summed E-state index contributed by atoms with van der Waals surface area (Å²) in [6.07, 6.45) is 3.23. The molecule has 0 unspecified atom stereocenters. The van der Waals surface area contributed by atoms with Crippen molar-refractivity contribution >= 4 is 29.4 Å². The van der Waals surface area contributed by atoms with Gasteiger partial charge in [0, 0.05) is 16.9 Å². The normalized spacial score (nSPS) is 14.5. The summed E-state index contributed by atoms with van der Waals surface area (Å²) >= 11 is 0. The fourth-order valence-electron chi connectivity index (χ4n) is 3.56. The monoisotopic (exact) mass is 447 g/mol. The number of hydrogen-bond donors (Lipinski definition) is 0.